The summed E-state index contributed by atoms with van der Waals surface area (Å²) in [7, 11) is 0. The fourth-order valence-electron chi connectivity index (χ4n) is 3.56. The van der Waals surface area contributed by atoms with E-state index in [-0.39, 0.29) is 23.8 Å². The van der Waals surface area contributed by atoms with Crippen molar-refractivity contribution in [2.24, 2.45) is 17.8 Å². The number of halogens is 1. The topological polar surface area (TPSA) is 67.4 Å². The number of benzene rings is 1. The van der Waals surface area contributed by atoms with Crippen LogP contribution in [0.3, 0.4) is 0 Å². The first-order valence-electron chi connectivity index (χ1n) is 9.76. The van der Waals surface area contributed by atoms with Crippen molar-refractivity contribution < 1.29 is 14.3 Å². The Morgan fingerprint density at radius 3 is 2.56 bits per heavy atom. The van der Waals surface area contributed by atoms with E-state index < -0.39 is 6.04 Å². The molecule has 0 aromatic heterocycles. The number of carbonyl (C=O) groups is 2. The van der Waals surface area contributed by atoms with E-state index in [4.69, 9.17) is 16.3 Å². The van der Waals surface area contributed by atoms with E-state index in [0.717, 1.165) is 19.4 Å². The first-order chi connectivity index (χ1) is 12.8. The van der Waals surface area contributed by atoms with Crippen molar-refractivity contribution in [1.82, 2.24) is 10.6 Å². The van der Waals surface area contributed by atoms with Crippen LogP contribution in [0.4, 0.5) is 0 Å². The zero-order chi connectivity index (χ0) is 20.0. The minimum Gasteiger partial charge on any atom is -0.378 e. The first-order valence-corrected chi connectivity index (χ1v) is 10.1. The van der Waals surface area contributed by atoms with Crippen molar-refractivity contribution in [3.8, 4) is 0 Å². The third kappa shape index (κ3) is 5.94. The van der Waals surface area contributed by atoms with E-state index in [1.807, 2.05) is 13.8 Å². The van der Waals surface area contributed by atoms with Gasteiger partial charge in [-0.25, -0.2) is 0 Å². The largest absolute Gasteiger partial charge is 0.378 e. The van der Waals surface area contributed by atoms with E-state index in [1.165, 1.54) is 0 Å². The Morgan fingerprint density at radius 1 is 1.22 bits per heavy atom. The van der Waals surface area contributed by atoms with Gasteiger partial charge in [0.05, 0.1) is 16.7 Å². The summed E-state index contributed by atoms with van der Waals surface area (Å²) in [4.78, 5) is 25.3. The van der Waals surface area contributed by atoms with Crippen molar-refractivity contribution in [3.05, 3.63) is 34.9 Å². The number of carbonyl (C=O) groups excluding carboxylic acids is 2. The Labute approximate surface area is 167 Å². The molecule has 0 spiro atoms. The first kappa shape index (κ1) is 21.7. The second-order valence-electron chi connectivity index (χ2n) is 7.90. The lowest BCUT2D eigenvalue weighted by molar-refractivity contribution is -0.125. The number of rotatable bonds is 7. The van der Waals surface area contributed by atoms with Crippen LogP contribution in [0.25, 0.3) is 0 Å². The Bertz CT molecular complexity index is 648. The molecule has 0 aliphatic carbocycles. The summed E-state index contributed by atoms with van der Waals surface area (Å²) in [5, 5.41) is 6.22. The highest BCUT2D eigenvalue weighted by atomic mass is 35.5. The molecular formula is C21H31ClN2O3. The predicted molar refractivity (Wildman–Crippen MR) is 108 cm³/mol. The molecule has 1 aliphatic rings. The van der Waals surface area contributed by atoms with Crippen LogP contribution in [0.15, 0.2) is 24.3 Å². The molecule has 2 rings (SSSR count). The molecule has 2 N–H and O–H groups in total. The zero-order valence-electron chi connectivity index (χ0n) is 16.6. The quantitative estimate of drug-likeness (QED) is 0.741. The van der Waals surface area contributed by atoms with Crippen LogP contribution in [0.1, 0.15) is 50.9 Å². The molecule has 1 heterocycles. The van der Waals surface area contributed by atoms with Gasteiger partial charge in [0.2, 0.25) is 5.91 Å². The monoisotopic (exact) mass is 394 g/mol. The van der Waals surface area contributed by atoms with Gasteiger partial charge in [-0.3, -0.25) is 9.59 Å². The number of amides is 2. The Morgan fingerprint density at radius 2 is 1.93 bits per heavy atom. The minimum atomic E-state index is -0.615. The third-order valence-electron chi connectivity index (χ3n) is 5.04. The smallest absolute Gasteiger partial charge is 0.253 e. The summed E-state index contributed by atoms with van der Waals surface area (Å²) in [6, 6.07) is 6.22. The summed E-state index contributed by atoms with van der Waals surface area (Å²) in [6.07, 6.45) is 2.22. The SMILES string of the molecule is CC(C)[C@H](NC(=O)c1ccccc1Cl)C(=O)NC[C@H]1CCCO[C@H]1C(C)C. The summed E-state index contributed by atoms with van der Waals surface area (Å²) in [6.45, 7) is 9.47. The van der Waals surface area contributed by atoms with E-state index in [2.05, 4.69) is 24.5 Å². The lowest BCUT2D eigenvalue weighted by Crippen LogP contribution is -2.51. The van der Waals surface area contributed by atoms with Gasteiger partial charge >= 0.3 is 0 Å². The highest BCUT2D eigenvalue weighted by Gasteiger charge is 2.30. The average Bonchev–Trinajstić information content (AvgIpc) is 2.64. The summed E-state index contributed by atoms with van der Waals surface area (Å²) >= 11 is 6.09. The van der Waals surface area contributed by atoms with Gasteiger partial charge in [0, 0.05) is 19.1 Å². The van der Waals surface area contributed by atoms with Crippen LogP contribution in [-0.2, 0) is 9.53 Å². The van der Waals surface area contributed by atoms with E-state index in [9.17, 15) is 9.59 Å². The van der Waals surface area contributed by atoms with Gasteiger partial charge in [0.15, 0.2) is 0 Å². The Kier molecular flexibility index (Phi) is 8.11. The molecule has 5 nitrogen and oxygen atoms in total. The van der Waals surface area contributed by atoms with Crippen LogP contribution in [-0.4, -0.2) is 37.1 Å². The maximum atomic E-state index is 12.8. The average molecular weight is 395 g/mol. The number of ether oxygens (including phenoxy) is 1. The molecule has 1 aromatic carbocycles. The van der Waals surface area contributed by atoms with Crippen molar-refractivity contribution in [2.75, 3.05) is 13.2 Å². The van der Waals surface area contributed by atoms with Crippen LogP contribution >= 0.6 is 11.6 Å². The molecular weight excluding hydrogens is 364 g/mol. The highest BCUT2D eigenvalue weighted by Crippen LogP contribution is 2.25. The second-order valence-corrected chi connectivity index (χ2v) is 8.31. The zero-order valence-corrected chi connectivity index (χ0v) is 17.4. The van der Waals surface area contributed by atoms with Gasteiger partial charge in [-0.2, -0.15) is 0 Å². The molecule has 27 heavy (non-hydrogen) atoms. The fourth-order valence-corrected chi connectivity index (χ4v) is 3.78. The molecule has 0 saturated carbocycles. The number of nitrogens with one attached hydrogen (secondary N) is 2. The van der Waals surface area contributed by atoms with Gasteiger partial charge in [0.25, 0.3) is 5.91 Å². The second kappa shape index (κ2) is 10.1. The molecule has 0 unspecified atom stereocenters. The highest BCUT2D eigenvalue weighted by molar-refractivity contribution is 6.33. The van der Waals surface area contributed by atoms with Gasteiger partial charge < -0.3 is 15.4 Å². The molecule has 6 heteroatoms. The lowest BCUT2D eigenvalue weighted by Gasteiger charge is -2.35. The van der Waals surface area contributed by atoms with Gasteiger partial charge in [-0.05, 0) is 36.8 Å². The van der Waals surface area contributed by atoms with Crippen molar-refractivity contribution >= 4 is 23.4 Å². The molecule has 1 aliphatic heterocycles. The lowest BCUT2D eigenvalue weighted by atomic mass is 9.87. The number of hydrogen-bond acceptors (Lipinski definition) is 3. The van der Waals surface area contributed by atoms with E-state index in [0.29, 0.717) is 29.0 Å². The molecule has 3 atom stereocenters. The standard InChI is InChI=1S/C21H31ClN2O3/c1-13(2)18(24-20(25)16-9-5-6-10-17(16)22)21(26)23-12-15-8-7-11-27-19(15)14(3)4/h5-6,9-10,13-15,18-19H,7-8,11-12H2,1-4H3,(H,23,26)(H,24,25)/t15-,18+,19+/m1/s1. The normalized spacial score (nSPS) is 21.1. The van der Waals surface area contributed by atoms with Crippen LogP contribution in [0, 0.1) is 17.8 Å². The predicted octanol–water partition coefficient (Wildman–Crippen LogP) is 3.66. The molecule has 0 bridgehead atoms. The van der Waals surface area contributed by atoms with Crippen LogP contribution in [0.5, 0.6) is 0 Å². The van der Waals surface area contributed by atoms with Crippen molar-refractivity contribution in [3.63, 3.8) is 0 Å². The minimum absolute atomic E-state index is 0.0417. The summed E-state index contributed by atoms with van der Waals surface area (Å²) < 4.78 is 5.89. The Balaban J connectivity index is 1.98. The van der Waals surface area contributed by atoms with E-state index in [1.54, 1.807) is 24.3 Å². The number of hydrogen-bond donors (Lipinski definition) is 2. The van der Waals surface area contributed by atoms with Gasteiger partial charge in [-0.1, -0.05) is 51.4 Å². The molecule has 2 amide bonds. The molecule has 1 saturated heterocycles. The molecule has 1 aromatic rings. The maximum absolute atomic E-state index is 12.8. The van der Waals surface area contributed by atoms with Crippen LogP contribution in [0.2, 0.25) is 5.02 Å². The Hall–Kier alpha value is -1.59. The van der Waals surface area contributed by atoms with Gasteiger partial charge in [0.1, 0.15) is 6.04 Å². The molecule has 150 valence electrons. The maximum Gasteiger partial charge on any atom is 0.253 e. The summed E-state index contributed by atoms with van der Waals surface area (Å²) in [5.41, 5.74) is 0.373. The van der Waals surface area contributed by atoms with E-state index >= 15 is 0 Å². The third-order valence-corrected chi connectivity index (χ3v) is 5.37. The molecule has 1 fully saturated rings. The summed E-state index contributed by atoms with van der Waals surface area (Å²) in [5.74, 6) is 0.164. The van der Waals surface area contributed by atoms with Crippen molar-refractivity contribution in [1.29, 1.82) is 0 Å². The van der Waals surface area contributed by atoms with Crippen LogP contribution < -0.4 is 10.6 Å². The van der Waals surface area contributed by atoms with Gasteiger partial charge in [-0.15, -0.1) is 0 Å². The molecule has 0 radical (unpaired) electrons. The van der Waals surface area contributed by atoms with Crippen molar-refractivity contribution in [2.45, 2.75) is 52.7 Å². The fraction of sp³-hybridized carbons (Fsp3) is 0.619.